The standard InChI is InChI=1S/C20H28N4O/c21-18(14-7-2-1-3-8-14)20(25)24-12-6-9-15(13-24)19-22-16-10-4-5-11-17(16)23-19/h4-5,10-11,14-15,18H,1-3,6-9,12-13,21H2,(H,22,23)/t15?,18-/m0/s1. The molecular weight excluding hydrogens is 312 g/mol. The molecule has 2 aliphatic rings. The maximum Gasteiger partial charge on any atom is 0.239 e. The van der Waals surface area contributed by atoms with Crippen LogP contribution in [0.2, 0.25) is 0 Å². The largest absolute Gasteiger partial charge is 0.342 e. The molecule has 2 aromatic rings. The van der Waals surface area contributed by atoms with Crippen LogP contribution in [-0.4, -0.2) is 39.9 Å². The van der Waals surface area contributed by atoms with Gasteiger partial charge in [-0.15, -0.1) is 0 Å². The van der Waals surface area contributed by atoms with Gasteiger partial charge in [0, 0.05) is 19.0 Å². The van der Waals surface area contributed by atoms with Crippen LogP contribution >= 0.6 is 0 Å². The first kappa shape index (κ1) is 16.6. The number of nitrogens with zero attached hydrogens (tertiary/aromatic N) is 2. The predicted molar refractivity (Wildman–Crippen MR) is 99.2 cm³/mol. The predicted octanol–water partition coefficient (Wildman–Crippen LogP) is 3.18. The molecule has 5 heteroatoms. The summed E-state index contributed by atoms with van der Waals surface area (Å²) >= 11 is 0. The fourth-order valence-corrected chi connectivity index (χ4v) is 4.47. The van der Waals surface area contributed by atoms with Crippen LogP contribution < -0.4 is 5.73 Å². The Hall–Kier alpha value is -1.88. The third kappa shape index (κ3) is 3.43. The van der Waals surface area contributed by atoms with Gasteiger partial charge in [-0.05, 0) is 43.7 Å². The molecule has 1 unspecified atom stereocenters. The Morgan fingerprint density at radius 3 is 2.76 bits per heavy atom. The Balaban J connectivity index is 1.45. The smallest absolute Gasteiger partial charge is 0.239 e. The van der Waals surface area contributed by atoms with Gasteiger partial charge in [-0.2, -0.15) is 0 Å². The van der Waals surface area contributed by atoms with Crippen LogP contribution in [-0.2, 0) is 4.79 Å². The summed E-state index contributed by atoms with van der Waals surface area (Å²) in [6, 6.07) is 7.78. The summed E-state index contributed by atoms with van der Waals surface area (Å²) in [7, 11) is 0. The molecule has 2 atom stereocenters. The van der Waals surface area contributed by atoms with E-state index in [2.05, 4.69) is 11.1 Å². The van der Waals surface area contributed by atoms with E-state index in [0.717, 1.165) is 55.6 Å². The number of fused-ring (bicyclic) bond motifs is 1. The molecule has 0 radical (unpaired) electrons. The Bertz CT molecular complexity index is 701. The minimum atomic E-state index is -0.324. The van der Waals surface area contributed by atoms with Crippen LogP contribution in [0.15, 0.2) is 24.3 Å². The Labute approximate surface area is 149 Å². The molecule has 1 aliphatic carbocycles. The van der Waals surface area contributed by atoms with Crippen molar-refractivity contribution in [3.63, 3.8) is 0 Å². The van der Waals surface area contributed by atoms with Gasteiger partial charge in [0.1, 0.15) is 5.82 Å². The lowest BCUT2D eigenvalue weighted by molar-refractivity contribution is -0.135. The van der Waals surface area contributed by atoms with Gasteiger partial charge in [-0.1, -0.05) is 31.4 Å². The number of para-hydroxylation sites is 2. The summed E-state index contributed by atoms with van der Waals surface area (Å²) in [6.45, 7) is 1.56. The fourth-order valence-electron chi connectivity index (χ4n) is 4.47. The number of imidazole rings is 1. The number of H-pyrrole nitrogens is 1. The number of aromatic nitrogens is 2. The summed E-state index contributed by atoms with van der Waals surface area (Å²) in [6.07, 6.45) is 8.02. The van der Waals surface area contributed by atoms with Crippen molar-refractivity contribution in [2.24, 2.45) is 11.7 Å². The van der Waals surface area contributed by atoms with Crippen molar-refractivity contribution in [2.75, 3.05) is 13.1 Å². The van der Waals surface area contributed by atoms with Crippen LogP contribution in [0.5, 0.6) is 0 Å². The molecule has 4 rings (SSSR count). The molecule has 2 fully saturated rings. The Morgan fingerprint density at radius 2 is 1.96 bits per heavy atom. The third-order valence-corrected chi connectivity index (χ3v) is 5.97. The van der Waals surface area contributed by atoms with E-state index in [4.69, 9.17) is 10.7 Å². The summed E-state index contributed by atoms with van der Waals surface area (Å²) in [5.74, 6) is 1.80. The molecule has 1 amide bonds. The second-order valence-corrected chi connectivity index (χ2v) is 7.69. The fraction of sp³-hybridized carbons (Fsp3) is 0.600. The molecule has 1 aliphatic heterocycles. The van der Waals surface area contributed by atoms with Crippen molar-refractivity contribution in [1.29, 1.82) is 0 Å². The van der Waals surface area contributed by atoms with Gasteiger partial charge in [0.15, 0.2) is 0 Å². The van der Waals surface area contributed by atoms with Crippen LogP contribution in [0.4, 0.5) is 0 Å². The van der Waals surface area contributed by atoms with E-state index in [9.17, 15) is 4.79 Å². The van der Waals surface area contributed by atoms with Crippen molar-refractivity contribution >= 4 is 16.9 Å². The number of nitrogens with one attached hydrogen (secondary N) is 1. The molecule has 0 bridgehead atoms. The van der Waals surface area contributed by atoms with Crippen molar-refractivity contribution in [3.8, 4) is 0 Å². The number of hydrogen-bond acceptors (Lipinski definition) is 3. The molecule has 0 spiro atoms. The number of aromatic amines is 1. The minimum Gasteiger partial charge on any atom is -0.342 e. The summed E-state index contributed by atoms with van der Waals surface area (Å²) < 4.78 is 0. The second-order valence-electron chi connectivity index (χ2n) is 7.69. The van der Waals surface area contributed by atoms with Crippen molar-refractivity contribution in [3.05, 3.63) is 30.1 Å². The van der Waals surface area contributed by atoms with Crippen molar-refractivity contribution in [1.82, 2.24) is 14.9 Å². The number of hydrogen-bond donors (Lipinski definition) is 2. The number of likely N-dealkylation sites (tertiary alicyclic amines) is 1. The summed E-state index contributed by atoms with van der Waals surface area (Å²) in [5.41, 5.74) is 8.42. The van der Waals surface area contributed by atoms with E-state index in [1.807, 2.05) is 23.1 Å². The quantitative estimate of drug-likeness (QED) is 0.901. The SMILES string of the molecule is N[C@H](C(=O)N1CCCC(c2nc3ccccc3[nH]2)C1)C1CCCCC1. The number of rotatable bonds is 3. The lowest BCUT2D eigenvalue weighted by Crippen LogP contribution is -2.51. The average molecular weight is 340 g/mol. The maximum atomic E-state index is 12.9. The van der Waals surface area contributed by atoms with E-state index in [1.54, 1.807) is 0 Å². The third-order valence-electron chi connectivity index (χ3n) is 5.97. The lowest BCUT2D eigenvalue weighted by Gasteiger charge is -2.36. The van der Waals surface area contributed by atoms with Gasteiger partial charge in [0.2, 0.25) is 5.91 Å². The number of piperidine rings is 1. The normalized spacial score (nSPS) is 23.7. The van der Waals surface area contributed by atoms with Crippen LogP contribution in [0.3, 0.4) is 0 Å². The van der Waals surface area contributed by atoms with E-state index in [1.165, 1.54) is 19.3 Å². The maximum absolute atomic E-state index is 12.9. The van der Waals surface area contributed by atoms with Gasteiger partial charge >= 0.3 is 0 Å². The first-order valence-corrected chi connectivity index (χ1v) is 9.71. The monoisotopic (exact) mass is 340 g/mol. The van der Waals surface area contributed by atoms with Crippen LogP contribution in [0.25, 0.3) is 11.0 Å². The first-order chi connectivity index (χ1) is 12.2. The topological polar surface area (TPSA) is 75.0 Å². The molecule has 1 saturated carbocycles. The highest BCUT2D eigenvalue weighted by Crippen LogP contribution is 2.30. The molecule has 134 valence electrons. The second kappa shape index (κ2) is 7.16. The number of carbonyl (C=O) groups is 1. The molecule has 25 heavy (non-hydrogen) atoms. The summed E-state index contributed by atoms with van der Waals surface area (Å²) in [5, 5.41) is 0. The van der Waals surface area contributed by atoms with E-state index < -0.39 is 0 Å². The number of amides is 1. The molecule has 3 N–H and O–H groups in total. The molecule has 1 aromatic carbocycles. The molecular formula is C20H28N4O. The highest BCUT2D eigenvalue weighted by molar-refractivity contribution is 5.82. The van der Waals surface area contributed by atoms with Crippen molar-refractivity contribution < 1.29 is 4.79 Å². The van der Waals surface area contributed by atoms with Gasteiger partial charge in [0.05, 0.1) is 17.1 Å². The van der Waals surface area contributed by atoms with E-state index in [0.29, 0.717) is 5.92 Å². The molecule has 2 heterocycles. The van der Waals surface area contributed by atoms with Crippen molar-refractivity contribution in [2.45, 2.75) is 56.9 Å². The molecule has 1 saturated heterocycles. The zero-order valence-corrected chi connectivity index (χ0v) is 14.8. The molecule has 1 aromatic heterocycles. The van der Waals surface area contributed by atoms with E-state index >= 15 is 0 Å². The van der Waals surface area contributed by atoms with Gasteiger partial charge in [-0.25, -0.2) is 4.98 Å². The number of benzene rings is 1. The Morgan fingerprint density at radius 1 is 1.16 bits per heavy atom. The number of carbonyl (C=O) groups excluding carboxylic acids is 1. The number of nitrogens with two attached hydrogens (primary N) is 1. The van der Waals surface area contributed by atoms with Gasteiger partial charge in [-0.3, -0.25) is 4.79 Å². The summed E-state index contributed by atoms with van der Waals surface area (Å²) in [4.78, 5) is 23.1. The lowest BCUT2D eigenvalue weighted by atomic mass is 9.83. The van der Waals surface area contributed by atoms with Crippen LogP contribution in [0.1, 0.15) is 56.7 Å². The van der Waals surface area contributed by atoms with Crippen LogP contribution in [0, 0.1) is 5.92 Å². The Kier molecular flexibility index (Phi) is 4.75. The van der Waals surface area contributed by atoms with Gasteiger partial charge in [0.25, 0.3) is 0 Å². The molecule has 5 nitrogen and oxygen atoms in total. The first-order valence-electron chi connectivity index (χ1n) is 9.71. The average Bonchev–Trinajstić information content (AvgIpc) is 3.12. The zero-order chi connectivity index (χ0) is 17.2. The highest BCUT2D eigenvalue weighted by atomic mass is 16.2. The highest BCUT2D eigenvalue weighted by Gasteiger charge is 2.33. The van der Waals surface area contributed by atoms with E-state index in [-0.39, 0.29) is 17.9 Å². The zero-order valence-electron chi connectivity index (χ0n) is 14.8. The minimum absolute atomic E-state index is 0.146. The van der Waals surface area contributed by atoms with Gasteiger partial charge < -0.3 is 15.6 Å².